The number of aromatic nitrogens is 2. The highest BCUT2D eigenvalue weighted by molar-refractivity contribution is 5.90. The fourth-order valence-corrected chi connectivity index (χ4v) is 3.57. The van der Waals surface area contributed by atoms with Crippen LogP contribution < -0.4 is 16.2 Å². The van der Waals surface area contributed by atoms with Gasteiger partial charge in [-0.1, -0.05) is 48.5 Å². The minimum absolute atomic E-state index is 0.0402. The second-order valence-electron chi connectivity index (χ2n) is 7.26. The monoisotopic (exact) mass is 376 g/mol. The van der Waals surface area contributed by atoms with Gasteiger partial charge in [0.2, 0.25) is 0 Å². The van der Waals surface area contributed by atoms with Crippen molar-refractivity contribution in [3.8, 4) is 5.69 Å². The summed E-state index contributed by atoms with van der Waals surface area (Å²) < 4.78 is 3.31. The van der Waals surface area contributed by atoms with E-state index in [1.165, 1.54) is 0 Å². The van der Waals surface area contributed by atoms with Crippen molar-refractivity contribution in [1.29, 1.82) is 0 Å². The largest absolute Gasteiger partial charge is 0.331 e. The van der Waals surface area contributed by atoms with E-state index in [4.69, 9.17) is 0 Å². The molecule has 3 aromatic rings. The lowest BCUT2D eigenvalue weighted by Crippen LogP contribution is -2.35. The first kappa shape index (κ1) is 18.1. The molecule has 0 spiro atoms. The normalized spacial score (nSPS) is 14.5. The third-order valence-electron chi connectivity index (χ3n) is 5.33. The van der Waals surface area contributed by atoms with Crippen molar-refractivity contribution in [2.75, 3.05) is 5.32 Å². The number of carbonyl (C=O) groups is 1. The number of rotatable bonds is 5. The third kappa shape index (κ3) is 3.45. The van der Waals surface area contributed by atoms with Gasteiger partial charge in [0.05, 0.1) is 17.4 Å². The molecular formula is C22H24N4O2. The second-order valence-corrected chi connectivity index (χ2v) is 7.26. The number of amides is 2. The molecule has 1 aliphatic rings. The smallest absolute Gasteiger partial charge is 0.319 e. The van der Waals surface area contributed by atoms with Crippen molar-refractivity contribution in [3.05, 3.63) is 82.3 Å². The van der Waals surface area contributed by atoms with E-state index >= 15 is 0 Å². The van der Waals surface area contributed by atoms with Crippen molar-refractivity contribution in [3.63, 3.8) is 0 Å². The molecule has 2 N–H and O–H groups in total. The van der Waals surface area contributed by atoms with Crippen molar-refractivity contribution in [2.24, 2.45) is 13.0 Å². The average molecular weight is 376 g/mol. The fraction of sp³-hybridized carbons (Fsp3) is 0.273. The maximum Gasteiger partial charge on any atom is 0.319 e. The predicted molar refractivity (Wildman–Crippen MR) is 110 cm³/mol. The van der Waals surface area contributed by atoms with Gasteiger partial charge in [0.1, 0.15) is 5.69 Å². The number of benzene rings is 2. The first-order chi connectivity index (χ1) is 13.6. The Morgan fingerprint density at radius 2 is 1.64 bits per heavy atom. The Kier molecular flexibility index (Phi) is 4.77. The van der Waals surface area contributed by atoms with Gasteiger partial charge in [0.25, 0.3) is 5.56 Å². The summed E-state index contributed by atoms with van der Waals surface area (Å²) in [6, 6.07) is 19.0. The summed E-state index contributed by atoms with van der Waals surface area (Å²) in [6.45, 7) is 1.83. The molecular weight excluding hydrogens is 352 g/mol. The average Bonchev–Trinajstić information content (AvgIpc) is 3.53. The number of para-hydroxylation sites is 1. The van der Waals surface area contributed by atoms with E-state index in [0.717, 1.165) is 24.1 Å². The zero-order chi connectivity index (χ0) is 19.7. The molecule has 1 aliphatic carbocycles. The van der Waals surface area contributed by atoms with Gasteiger partial charge in [-0.3, -0.25) is 9.48 Å². The van der Waals surface area contributed by atoms with Gasteiger partial charge in [-0.25, -0.2) is 9.48 Å². The van der Waals surface area contributed by atoms with Gasteiger partial charge < -0.3 is 10.6 Å². The maximum absolute atomic E-state index is 12.9. The summed E-state index contributed by atoms with van der Waals surface area (Å²) in [5.41, 5.74) is 2.60. The Balaban J connectivity index is 1.57. The molecule has 0 aliphatic heterocycles. The molecule has 28 heavy (non-hydrogen) atoms. The molecule has 0 unspecified atom stereocenters. The van der Waals surface area contributed by atoms with Crippen molar-refractivity contribution < 1.29 is 4.79 Å². The quantitative estimate of drug-likeness (QED) is 0.712. The number of urea groups is 1. The van der Waals surface area contributed by atoms with E-state index in [2.05, 4.69) is 10.6 Å². The molecule has 1 aromatic heterocycles. The van der Waals surface area contributed by atoms with Crippen LogP contribution in [0, 0.1) is 12.8 Å². The molecule has 144 valence electrons. The van der Waals surface area contributed by atoms with Crippen LogP contribution in [0.5, 0.6) is 0 Å². The van der Waals surface area contributed by atoms with Gasteiger partial charge in [-0.15, -0.1) is 0 Å². The molecule has 6 heteroatoms. The summed E-state index contributed by atoms with van der Waals surface area (Å²) in [5.74, 6) is 0.450. The van der Waals surface area contributed by atoms with Gasteiger partial charge >= 0.3 is 6.03 Å². The van der Waals surface area contributed by atoms with E-state index < -0.39 is 0 Å². The molecule has 4 rings (SSSR count). The number of carbonyl (C=O) groups excluding carboxylic acids is 1. The number of hydrogen-bond acceptors (Lipinski definition) is 2. The predicted octanol–water partition coefficient (Wildman–Crippen LogP) is 3.76. The summed E-state index contributed by atoms with van der Waals surface area (Å²) in [5, 5.41) is 5.85. The minimum Gasteiger partial charge on any atom is -0.331 e. The van der Waals surface area contributed by atoms with Gasteiger partial charge in [0.15, 0.2) is 0 Å². The highest BCUT2D eigenvalue weighted by Gasteiger charge is 2.33. The van der Waals surface area contributed by atoms with E-state index in [1.54, 1.807) is 9.36 Å². The number of hydrogen-bond donors (Lipinski definition) is 2. The van der Waals surface area contributed by atoms with Crippen LogP contribution in [0.25, 0.3) is 5.69 Å². The highest BCUT2D eigenvalue weighted by atomic mass is 16.2. The lowest BCUT2D eigenvalue weighted by atomic mass is 10.0. The summed E-state index contributed by atoms with van der Waals surface area (Å²) >= 11 is 0. The molecule has 2 aromatic carbocycles. The molecule has 1 saturated carbocycles. The molecule has 1 atom stereocenters. The summed E-state index contributed by atoms with van der Waals surface area (Å²) in [7, 11) is 1.81. The van der Waals surface area contributed by atoms with Gasteiger partial charge in [0, 0.05) is 7.05 Å². The zero-order valence-corrected chi connectivity index (χ0v) is 16.1. The van der Waals surface area contributed by atoms with Crippen molar-refractivity contribution >= 4 is 11.7 Å². The van der Waals surface area contributed by atoms with E-state index in [1.807, 2.05) is 74.6 Å². The Morgan fingerprint density at radius 3 is 2.25 bits per heavy atom. The van der Waals surface area contributed by atoms with E-state index in [0.29, 0.717) is 17.3 Å². The number of nitrogens with one attached hydrogen (secondary N) is 2. The Hall–Kier alpha value is -3.28. The number of nitrogens with zero attached hydrogens (tertiary/aromatic N) is 2. The highest BCUT2D eigenvalue weighted by Crippen LogP contribution is 2.40. The Labute approximate surface area is 163 Å². The first-order valence-electron chi connectivity index (χ1n) is 9.52. The van der Waals surface area contributed by atoms with Crippen LogP contribution >= 0.6 is 0 Å². The number of anilines is 1. The zero-order valence-electron chi connectivity index (χ0n) is 16.1. The molecule has 1 heterocycles. The molecule has 1 fully saturated rings. The van der Waals surface area contributed by atoms with Crippen LogP contribution in [0.1, 0.15) is 30.1 Å². The maximum atomic E-state index is 12.9. The SMILES string of the molecule is Cc1c(NC(=O)N[C@H](c2ccccc2)C2CC2)c(=O)n(-c2ccccc2)n1C. The Bertz CT molecular complexity index is 1030. The van der Waals surface area contributed by atoms with Gasteiger partial charge in [-0.2, -0.15) is 0 Å². The molecule has 0 saturated heterocycles. The summed E-state index contributed by atoms with van der Waals surface area (Å²) in [4.78, 5) is 25.7. The summed E-state index contributed by atoms with van der Waals surface area (Å²) in [6.07, 6.45) is 2.20. The van der Waals surface area contributed by atoms with Crippen LogP contribution in [0.3, 0.4) is 0 Å². The van der Waals surface area contributed by atoms with Crippen LogP contribution in [0.2, 0.25) is 0 Å². The van der Waals surface area contributed by atoms with E-state index in [-0.39, 0.29) is 17.6 Å². The van der Waals surface area contributed by atoms with Crippen LogP contribution in [-0.4, -0.2) is 15.4 Å². The van der Waals surface area contributed by atoms with Crippen LogP contribution in [0.15, 0.2) is 65.5 Å². The topological polar surface area (TPSA) is 68.1 Å². The second kappa shape index (κ2) is 7.38. The van der Waals surface area contributed by atoms with E-state index in [9.17, 15) is 9.59 Å². The standard InChI is InChI=1S/C22H24N4O2/c1-15-19(21(27)26(25(15)2)18-11-7-4-8-12-18)23-22(28)24-20(17-13-14-17)16-9-5-3-6-10-16/h3-12,17,20H,13-14H2,1-2H3,(H2,23,24,28)/t20-/m1/s1. The molecule has 6 nitrogen and oxygen atoms in total. The first-order valence-corrected chi connectivity index (χ1v) is 9.52. The van der Waals surface area contributed by atoms with Crippen molar-refractivity contribution in [1.82, 2.24) is 14.7 Å². The lowest BCUT2D eigenvalue weighted by Gasteiger charge is -2.19. The molecule has 0 bridgehead atoms. The van der Waals surface area contributed by atoms with Crippen LogP contribution in [-0.2, 0) is 7.05 Å². The molecule has 0 radical (unpaired) electrons. The Morgan fingerprint density at radius 1 is 1.04 bits per heavy atom. The fourth-order valence-electron chi connectivity index (χ4n) is 3.57. The van der Waals surface area contributed by atoms with Crippen molar-refractivity contribution in [2.45, 2.75) is 25.8 Å². The van der Waals surface area contributed by atoms with Crippen LogP contribution in [0.4, 0.5) is 10.5 Å². The third-order valence-corrected chi connectivity index (χ3v) is 5.33. The van der Waals surface area contributed by atoms with Gasteiger partial charge in [-0.05, 0) is 43.4 Å². The minimum atomic E-state index is -0.355. The lowest BCUT2D eigenvalue weighted by molar-refractivity contribution is 0.247. The molecule has 2 amide bonds.